The zero-order valence-electron chi connectivity index (χ0n) is 14.4. The van der Waals surface area contributed by atoms with Crippen LogP contribution in [0.5, 0.6) is 17.2 Å². The van der Waals surface area contributed by atoms with Gasteiger partial charge in [0.1, 0.15) is 12.4 Å². The molecule has 0 aliphatic carbocycles. The molecule has 3 aromatic carbocycles. The van der Waals surface area contributed by atoms with Crippen LogP contribution in [0.2, 0.25) is 0 Å². The Balaban J connectivity index is 1.67. The summed E-state index contributed by atoms with van der Waals surface area (Å²) in [5.74, 6) is -0.0250. The van der Waals surface area contributed by atoms with E-state index in [1.54, 1.807) is 24.3 Å². The second-order valence-electron chi connectivity index (χ2n) is 6.68. The third kappa shape index (κ3) is 2.50. The molecule has 0 aromatic heterocycles. The smallest absolute Gasteiger partial charge is 0.416 e. The van der Waals surface area contributed by atoms with E-state index < -0.39 is 23.4 Å². The van der Waals surface area contributed by atoms with Crippen LogP contribution in [0.25, 0.3) is 10.8 Å². The van der Waals surface area contributed by atoms with E-state index in [-0.39, 0.29) is 24.5 Å². The van der Waals surface area contributed by atoms with E-state index in [0.29, 0.717) is 22.6 Å². The van der Waals surface area contributed by atoms with Gasteiger partial charge in [-0.05, 0) is 35.2 Å². The Labute approximate surface area is 157 Å². The highest BCUT2D eigenvalue weighted by atomic mass is 19.4. The van der Waals surface area contributed by atoms with Gasteiger partial charge in [0, 0.05) is 5.39 Å². The Hall–Kier alpha value is -3.22. The van der Waals surface area contributed by atoms with E-state index in [0.717, 1.165) is 11.5 Å². The SMILES string of the molecule is O=C1c2c(ccc3cc4c(cc23)OCO4)OCC1c1ccccc1C(F)(F)F. The third-order valence-corrected chi connectivity index (χ3v) is 5.08. The largest absolute Gasteiger partial charge is 0.492 e. The molecule has 1 atom stereocenters. The fourth-order valence-corrected chi connectivity index (χ4v) is 3.78. The van der Waals surface area contributed by atoms with E-state index in [1.165, 1.54) is 18.2 Å². The maximum absolute atomic E-state index is 13.4. The number of ether oxygens (including phenoxy) is 3. The number of carbonyl (C=O) groups excluding carboxylic acids is 1. The molecule has 3 aromatic rings. The summed E-state index contributed by atoms with van der Waals surface area (Å²) in [5, 5.41) is 1.30. The van der Waals surface area contributed by atoms with Crippen molar-refractivity contribution < 1.29 is 32.2 Å². The molecule has 2 aliphatic rings. The molecule has 0 fully saturated rings. The zero-order chi connectivity index (χ0) is 19.5. The van der Waals surface area contributed by atoms with Crippen molar-refractivity contribution in [2.45, 2.75) is 12.1 Å². The van der Waals surface area contributed by atoms with Crippen molar-refractivity contribution in [3.8, 4) is 17.2 Å². The number of benzene rings is 3. The molecule has 4 nitrogen and oxygen atoms in total. The summed E-state index contributed by atoms with van der Waals surface area (Å²) < 4.78 is 56.8. The van der Waals surface area contributed by atoms with E-state index in [1.807, 2.05) is 0 Å². The van der Waals surface area contributed by atoms with Crippen LogP contribution in [0.3, 0.4) is 0 Å². The zero-order valence-corrected chi connectivity index (χ0v) is 14.4. The summed E-state index contributed by atoms with van der Waals surface area (Å²) in [5.41, 5.74) is -0.634. The van der Waals surface area contributed by atoms with Crippen LogP contribution in [-0.4, -0.2) is 19.2 Å². The lowest BCUT2D eigenvalue weighted by Crippen LogP contribution is -2.28. The quantitative estimate of drug-likeness (QED) is 0.594. The summed E-state index contributed by atoms with van der Waals surface area (Å²) in [4.78, 5) is 13.3. The monoisotopic (exact) mass is 386 g/mol. The fourth-order valence-electron chi connectivity index (χ4n) is 3.78. The van der Waals surface area contributed by atoms with Crippen LogP contribution in [0.4, 0.5) is 13.2 Å². The van der Waals surface area contributed by atoms with Gasteiger partial charge >= 0.3 is 6.18 Å². The second kappa shape index (κ2) is 5.89. The van der Waals surface area contributed by atoms with Crippen molar-refractivity contribution in [2.75, 3.05) is 13.4 Å². The van der Waals surface area contributed by atoms with Gasteiger partial charge in [-0.15, -0.1) is 0 Å². The molecular weight excluding hydrogens is 373 g/mol. The lowest BCUT2D eigenvalue weighted by atomic mass is 9.84. The molecule has 1 unspecified atom stereocenters. The Morgan fingerprint density at radius 1 is 0.893 bits per heavy atom. The molecule has 0 N–H and O–H groups in total. The average molecular weight is 386 g/mol. The van der Waals surface area contributed by atoms with Gasteiger partial charge in [0.15, 0.2) is 17.3 Å². The highest BCUT2D eigenvalue weighted by Gasteiger charge is 2.39. The predicted octanol–water partition coefficient (Wildman–Crippen LogP) is 4.95. The number of rotatable bonds is 1. The third-order valence-electron chi connectivity index (χ3n) is 5.08. The summed E-state index contributed by atoms with van der Waals surface area (Å²) >= 11 is 0. The minimum absolute atomic E-state index is 0.0802. The van der Waals surface area contributed by atoms with Gasteiger partial charge in [0.05, 0.1) is 17.0 Å². The van der Waals surface area contributed by atoms with E-state index in [4.69, 9.17) is 14.2 Å². The molecule has 2 heterocycles. The normalized spacial score (nSPS) is 18.1. The highest BCUT2D eigenvalue weighted by molar-refractivity contribution is 6.14. The summed E-state index contributed by atoms with van der Waals surface area (Å²) in [7, 11) is 0. The average Bonchev–Trinajstić information content (AvgIpc) is 3.13. The number of fused-ring (bicyclic) bond motifs is 4. The minimum Gasteiger partial charge on any atom is -0.492 e. The first kappa shape index (κ1) is 16.9. The van der Waals surface area contributed by atoms with Gasteiger partial charge in [0.2, 0.25) is 6.79 Å². The van der Waals surface area contributed by atoms with Crippen LogP contribution >= 0.6 is 0 Å². The lowest BCUT2D eigenvalue weighted by molar-refractivity contribution is -0.138. The van der Waals surface area contributed by atoms with E-state index >= 15 is 0 Å². The molecule has 0 radical (unpaired) electrons. The molecule has 7 heteroatoms. The standard InChI is InChI=1S/C21H13F3O4/c22-21(23,24)15-4-2-1-3-12(15)14-9-26-16-6-5-11-7-17-18(28-10-27-17)8-13(11)19(16)20(14)25/h1-8,14H,9-10H2. The summed E-state index contributed by atoms with van der Waals surface area (Å²) in [6.45, 7) is -0.0607. The molecule has 0 bridgehead atoms. The topological polar surface area (TPSA) is 44.8 Å². The van der Waals surface area contributed by atoms with Crippen LogP contribution in [-0.2, 0) is 6.18 Å². The number of carbonyl (C=O) groups is 1. The first-order valence-corrected chi connectivity index (χ1v) is 8.63. The molecule has 0 spiro atoms. The number of hydrogen-bond acceptors (Lipinski definition) is 4. The van der Waals surface area contributed by atoms with Crippen LogP contribution < -0.4 is 14.2 Å². The van der Waals surface area contributed by atoms with Gasteiger partial charge in [-0.3, -0.25) is 4.79 Å². The molecule has 0 amide bonds. The van der Waals surface area contributed by atoms with Gasteiger partial charge in [-0.25, -0.2) is 0 Å². The number of ketones is 1. The van der Waals surface area contributed by atoms with Crippen LogP contribution in [0, 0.1) is 0 Å². The van der Waals surface area contributed by atoms with Crippen molar-refractivity contribution in [3.05, 3.63) is 65.2 Å². The van der Waals surface area contributed by atoms with Crippen LogP contribution in [0.1, 0.15) is 27.4 Å². The lowest BCUT2D eigenvalue weighted by Gasteiger charge is -2.27. The van der Waals surface area contributed by atoms with Gasteiger partial charge in [0.25, 0.3) is 0 Å². The van der Waals surface area contributed by atoms with Crippen molar-refractivity contribution >= 4 is 16.6 Å². The Morgan fingerprint density at radius 2 is 1.64 bits per heavy atom. The summed E-state index contributed by atoms with van der Waals surface area (Å²) in [6, 6.07) is 12.0. The number of alkyl halides is 3. The molecule has 28 heavy (non-hydrogen) atoms. The minimum atomic E-state index is -4.55. The second-order valence-corrected chi connectivity index (χ2v) is 6.68. The summed E-state index contributed by atoms with van der Waals surface area (Å²) in [6.07, 6.45) is -4.55. The highest BCUT2D eigenvalue weighted by Crippen LogP contribution is 2.44. The Kier molecular flexibility index (Phi) is 3.56. The first-order valence-electron chi connectivity index (χ1n) is 8.63. The molecule has 142 valence electrons. The van der Waals surface area contributed by atoms with Gasteiger partial charge in [-0.2, -0.15) is 13.2 Å². The Bertz CT molecular complexity index is 1120. The fraction of sp³-hybridized carbons (Fsp3) is 0.190. The van der Waals surface area contributed by atoms with Crippen molar-refractivity contribution in [1.29, 1.82) is 0 Å². The predicted molar refractivity (Wildman–Crippen MR) is 94.1 cm³/mol. The number of hydrogen-bond donors (Lipinski definition) is 0. The van der Waals surface area contributed by atoms with E-state index in [9.17, 15) is 18.0 Å². The number of Topliss-reactive ketones (excluding diaryl/α,β-unsaturated/α-hetero) is 1. The molecule has 0 saturated carbocycles. The van der Waals surface area contributed by atoms with Gasteiger partial charge < -0.3 is 14.2 Å². The molecule has 0 saturated heterocycles. The van der Waals surface area contributed by atoms with Crippen LogP contribution in [0.15, 0.2) is 48.5 Å². The van der Waals surface area contributed by atoms with Crippen molar-refractivity contribution in [2.24, 2.45) is 0 Å². The van der Waals surface area contributed by atoms with Gasteiger partial charge in [-0.1, -0.05) is 24.3 Å². The molecule has 2 aliphatic heterocycles. The van der Waals surface area contributed by atoms with Crippen molar-refractivity contribution in [3.63, 3.8) is 0 Å². The maximum atomic E-state index is 13.4. The Morgan fingerprint density at radius 3 is 2.43 bits per heavy atom. The van der Waals surface area contributed by atoms with E-state index in [2.05, 4.69) is 0 Å². The molecular formula is C21H13F3O4. The number of halogens is 3. The molecule has 5 rings (SSSR count). The van der Waals surface area contributed by atoms with Crippen molar-refractivity contribution in [1.82, 2.24) is 0 Å². The first-order chi connectivity index (χ1) is 13.4. The maximum Gasteiger partial charge on any atom is 0.416 e.